The van der Waals surface area contributed by atoms with Gasteiger partial charge < -0.3 is 14.7 Å². The van der Waals surface area contributed by atoms with Crippen LogP contribution in [0.1, 0.15) is 30.7 Å². The number of amides is 1. The molecular weight excluding hydrogens is 394 g/mol. The Hall–Kier alpha value is -2.71. The van der Waals surface area contributed by atoms with Gasteiger partial charge in [-0.2, -0.15) is 4.52 Å². The van der Waals surface area contributed by atoms with Crippen LogP contribution in [0.2, 0.25) is 5.02 Å². The Bertz CT molecular complexity index is 1010. The predicted molar refractivity (Wildman–Crippen MR) is 107 cm³/mol. The van der Waals surface area contributed by atoms with Gasteiger partial charge in [-0.05, 0) is 36.6 Å². The zero-order valence-corrected chi connectivity index (χ0v) is 16.8. The first-order valence-corrected chi connectivity index (χ1v) is 9.88. The maximum atomic E-state index is 12.7. The van der Waals surface area contributed by atoms with Crippen molar-refractivity contribution in [3.63, 3.8) is 0 Å². The fraction of sp³-hybridized carbons (Fsp3) is 0.400. The summed E-state index contributed by atoms with van der Waals surface area (Å²) in [5.41, 5.74) is 0.522. The number of nitrogens with zero attached hydrogens (tertiary/aromatic N) is 5. The third-order valence-electron chi connectivity index (χ3n) is 5.40. The van der Waals surface area contributed by atoms with Gasteiger partial charge in [0, 0.05) is 37.0 Å². The molecule has 9 heteroatoms. The molecule has 0 saturated carbocycles. The van der Waals surface area contributed by atoms with E-state index in [1.165, 1.54) is 0 Å². The number of carbonyl (C=O) groups is 1. The molecule has 4 rings (SSSR count). The van der Waals surface area contributed by atoms with Crippen LogP contribution in [-0.4, -0.2) is 55.9 Å². The van der Waals surface area contributed by atoms with E-state index >= 15 is 0 Å². The van der Waals surface area contributed by atoms with Crippen LogP contribution in [0.15, 0.2) is 36.4 Å². The van der Waals surface area contributed by atoms with Gasteiger partial charge in [-0.15, -0.1) is 15.3 Å². The highest BCUT2D eigenvalue weighted by molar-refractivity contribution is 6.30. The number of rotatable bonds is 5. The number of halogens is 1. The quantitative estimate of drug-likeness (QED) is 0.686. The topological polar surface area (TPSA) is 92.9 Å². The molecular formula is C20H22ClN5O3. The van der Waals surface area contributed by atoms with Crippen molar-refractivity contribution in [2.45, 2.75) is 31.3 Å². The van der Waals surface area contributed by atoms with Gasteiger partial charge in [0.15, 0.2) is 11.5 Å². The van der Waals surface area contributed by atoms with Crippen molar-refractivity contribution in [1.82, 2.24) is 24.7 Å². The molecule has 0 atom stereocenters. The van der Waals surface area contributed by atoms with Gasteiger partial charge in [-0.3, -0.25) is 4.79 Å². The Balaban J connectivity index is 1.36. The number of likely N-dealkylation sites (tertiary alicyclic amines) is 1. The van der Waals surface area contributed by atoms with Gasteiger partial charge in [-0.1, -0.05) is 23.7 Å². The Morgan fingerprint density at radius 2 is 1.90 bits per heavy atom. The first kappa shape index (κ1) is 19.6. The summed E-state index contributed by atoms with van der Waals surface area (Å²) in [4.78, 5) is 14.5. The van der Waals surface area contributed by atoms with E-state index < -0.39 is 5.60 Å². The van der Waals surface area contributed by atoms with E-state index in [1.807, 2.05) is 12.1 Å². The van der Waals surface area contributed by atoms with Crippen LogP contribution in [0.25, 0.3) is 5.65 Å². The van der Waals surface area contributed by atoms with Gasteiger partial charge in [0.1, 0.15) is 0 Å². The Morgan fingerprint density at radius 3 is 2.59 bits per heavy atom. The number of aryl methyl sites for hydroxylation is 1. The van der Waals surface area contributed by atoms with Crippen LogP contribution in [0.4, 0.5) is 0 Å². The largest absolute Gasteiger partial charge is 0.480 e. The number of piperidine rings is 1. The van der Waals surface area contributed by atoms with Crippen LogP contribution < -0.4 is 4.74 Å². The number of hydrogen-bond acceptors (Lipinski definition) is 6. The van der Waals surface area contributed by atoms with Gasteiger partial charge in [0.25, 0.3) is 0 Å². The van der Waals surface area contributed by atoms with E-state index in [1.54, 1.807) is 40.8 Å². The molecule has 1 fully saturated rings. The molecule has 8 nitrogen and oxygen atoms in total. The van der Waals surface area contributed by atoms with E-state index in [0.29, 0.717) is 61.1 Å². The van der Waals surface area contributed by atoms with E-state index in [4.69, 9.17) is 16.3 Å². The number of fused-ring (bicyclic) bond motifs is 1. The average molecular weight is 416 g/mol. The van der Waals surface area contributed by atoms with Crippen molar-refractivity contribution >= 4 is 23.2 Å². The van der Waals surface area contributed by atoms with Crippen molar-refractivity contribution in [2.24, 2.45) is 0 Å². The molecule has 0 aliphatic carbocycles. The highest BCUT2D eigenvalue weighted by Gasteiger charge is 2.35. The maximum absolute atomic E-state index is 12.7. The summed E-state index contributed by atoms with van der Waals surface area (Å²) in [6.07, 6.45) is 1.72. The number of aliphatic hydroxyl groups is 1. The normalized spacial score (nSPS) is 16.2. The molecule has 1 amide bonds. The summed E-state index contributed by atoms with van der Waals surface area (Å²) in [7, 11) is 1.54. The minimum absolute atomic E-state index is 0.0304. The second-order valence-electron chi connectivity index (χ2n) is 7.18. The molecule has 1 aromatic carbocycles. The molecule has 3 heterocycles. The maximum Gasteiger partial charge on any atom is 0.231 e. The van der Waals surface area contributed by atoms with Crippen LogP contribution in [-0.2, 0) is 16.8 Å². The number of aromatic nitrogens is 4. The van der Waals surface area contributed by atoms with Crippen LogP contribution in [0, 0.1) is 0 Å². The second-order valence-corrected chi connectivity index (χ2v) is 7.62. The van der Waals surface area contributed by atoms with Crippen LogP contribution >= 0.6 is 11.6 Å². The molecule has 152 valence electrons. The third-order valence-corrected chi connectivity index (χ3v) is 5.65. The van der Waals surface area contributed by atoms with Crippen molar-refractivity contribution in [3.8, 4) is 5.88 Å². The SMILES string of the molecule is COc1ccc2nnc(CCC(=O)N3CCC(O)(c4ccc(Cl)cc4)CC3)n2n1. The Kier molecular flexibility index (Phi) is 5.38. The molecule has 0 unspecified atom stereocenters. The lowest BCUT2D eigenvalue weighted by atomic mass is 9.84. The van der Waals surface area contributed by atoms with Gasteiger partial charge >= 0.3 is 0 Å². The molecule has 1 aliphatic heterocycles. The summed E-state index contributed by atoms with van der Waals surface area (Å²) in [6.45, 7) is 1.01. The minimum Gasteiger partial charge on any atom is -0.480 e. The molecule has 3 aromatic rings. The Labute approximate surface area is 173 Å². The Morgan fingerprint density at radius 1 is 1.17 bits per heavy atom. The highest BCUT2D eigenvalue weighted by atomic mass is 35.5. The van der Waals surface area contributed by atoms with Crippen LogP contribution in [0.3, 0.4) is 0 Å². The molecule has 1 aliphatic rings. The first-order valence-electron chi connectivity index (χ1n) is 9.50. The van der Waals surface area contributed by atoms with E-state index in [2.05, 4.69) is 15.3 Å². The lowest BCUT2D eigenvalue weighted by Crippen LogP contribution is -2.45. The first-order chi connectivity index (χ1) is 14.0. The lowest BCUT2D eigenvalue weighted by Gasteiger charge is -2.38. The number of benzene rings is 1. The monoisotopic (exact) mass is 415 g/mol. The lowest BCUT2D eigenvalue weighted by molar-refractivity contribution is -0.135. The summed E-state index contributed by atoms with van der Waals surface area (Å²) < 4.78 is 6.74. The summed E-state index contributed by atoms with van der Waals surface area (Å²) in [6, 6.07) is 10.7. The van der Waals surface area contributed by atoms with Crippen molar-refractivity contribution in [2.75, 3.05) is 20.2 Å². The molecule has 1 saturated heterocycles. The zero-order chi connectivity index (χ0) is 20.4. The molecule has 2 aromatic heterocycles. The zero-order valence-electron chi connectivity index (χ0n) is 16.1. The van der Waals surface area contributed by atoms with Crippen molar-refractivity contribution in [3.05, 3.63) is 52.8 Å². The second kappa shape index (κ2) is 7.96. The standard InChI is InChI=1S/C20H22ClN5O3/c1-29-18-8-6-16-22-23-17(26(16)24-18)7-9-19(27)25-12-10-20(28,11-13-25)14-2-4-15(21)5-3-14/h2-6,8,28H,7,9-13H2,1H3. The van der Waals surface area contributed by atoms with Gasteiger partial charge in [0.2, 0.25) is 11.8 Å². The van der Waals surface area contributed by atoms with Crippen molar-refractivity contribution < 1.29 is 14.6 Å². The molecule has 0 bridgehead atoms. The van der Waals surface area contributed by atoms with E-state index in [-0.39, 0.29) is 5.91 Å². The smallest absolute Gasteiger partial charge is 0.231 e. The predicted octanol–water partition coefficient (Wildman–Crippen LogP) is 2.23. The summed E-state index contributed by atoms with van der Waals surface area (Å²) >= 11 is 5.93. The van der Waals surface area contributed by atoms with E-state index in [9.17, 15) is 9.90 Å². The molecule has 1 N–H and O–H groups in total. The minimum atomic E-state index is -0.926. The fourth-order valence-electron chi connectivity index (χ4n) is 3.63. The molecule has 0 radical (unpaired) electrons. The van der Waals surface area contributed by atoms with Crippen LogP contribution in [0.5, 0.6) is 5.88 Å². The third kappa shape index (κ3) is 4.04. The number of methoxy groups -OCH3 is 1. The van der Waals surface area contributed by atoms with Crippen molar-refractivity contribution in [1.29, 1.82) is 0 Å². The number of hydrogen-bond donors (Lipinski definition) is 1. The average Bonchev–Trinajstić information content (AvgIpc) is 3.15. The highest BCUT2D eigenvalue weighted by Crippen LogP contribution is 2.33. The summed E-state index contributed by atoms with van der Waals surface area (Å²) in [5, 5.41) is 24.1. The van der Waals surface area contributed by atoms with Gasteiger partial charge in [-0.25, -0.2) is 0 Å². The molecule has 29 heavy (non-hydrogen) atoms. The van der Waals surface area contributed by atoms with E-state index in [0.717, 1.165) is 5.56 Å². The number of carbonyl (C=O) groups excluding carboxylic acids is 1. The molecule has 0 spiro atoms. The summed E-state index contributed by atoms with van der Waals surface area (Å²) in [5.74, 6) is 1.10. The number of ether oxygens (including phenoxy) is 1. The fourth-order valence-corrected chi connectivity index (χ4v) is 3.76. The van der Waals surface area contributed by atoms with Gasteiger partial charge in [0.05, 0.1) is 12.7 Å².